The number of benzene rings is 3. The first-order chi connectivity index (χ1) is 16.2. The number of rotatable bonds is 2. The molecule has 0 N–H and O–H groups in total. The van der Waals surface area contributed by atoms with Gasteiger partial charge in [-0.25, -0.2) is 4.85 Å². The van der Waals surface area contributed by atoms with Gasteiger partial charge in [0.25, 0.3) is 0 Å². The van der Waals surface area contributed by atoms with Crippen molar-refractivity contribution >= 4 is 27.6 Å². The topological polar surface area (TPSA) is 21.4 Å². The second-order valence-electron chi connectivity index (χ2n) is 7.86. The molecule has 2 aromatic heterocycles. The summed E-state index contributed by atoms with van der Waals surface area (Å²) >= 11 is 0. The summed E-state index contributed by atoms with van der Waals surface area (Å²) in [5, 5.41) is 1.96. The molecule has 0 atom stereocenters. The molecule has 31 heavy (non-hydrogen) atoms. The summed E-state index contributed by atoms with van der Waals surface area (Å²) in [5.41, 5.74) is 7.71. The van der Waals surface area contributed by atoms with Crippen LogP contribution in [-0.2, 0) is 7.05 Å². The first-order valence-electron chi connectivity index (χ1n) is 11.6. The van der Waals surface area contributed by atoms with Crippen molar-refractivity contribution in [3.63, 3.8) is 0 Å². The third-order valence-electron chi connectivity index (χ3n) is 6.09. The van der Waals surface area contributed by atoms with Crippen LogP contribution in [0.3, 0.4) is 0 Å². The fourth-order valence-electron chi connectivity index (χ4n) is 4.26. The standard InChI is InChI=1S/C28H23N2O/c1-17-11-14-25(30(5)19(17)3)22-16-26-23(15-18(22)2)21-12-13-24(29-4)27(28(21)31-26)20-9-7-6-8-10-20/h6-16H,1-3,5H3/q+1/i1D3. The van der Waals surface area contributed by atoms with Gasteiger partial charge in [-0.15, -0.1) is 0 Å². The zero-order valence-electron chi connectivity index (χ0n) is 20.7. The molecule has 0 saturated heterocycles. The van der Waals surface area contributed by atoms with E-state index in [1.165, 1.54) is 0 Å². The molecule has 0 bridgehead atoms. The lowest BCUT2D eigenvalue weighted by Gasteiger charge is -2.08. The number of pyridine rings is 1. The van der Waals surface area contributed by atoms with Gasteiger partial charge in [0.15, 0.2) is 11.4 Å². The summed E-state index contributed by atoms with van der Waals surface area (Å²) in [6.45, 7) is 9.39. The molecule has 3 nitrogen and oxygen atoms in total. The minimum absolute atomic E-state index is 0.348. The normalized spacial score (nSPS) is 13.0. The van der Waals surface area contributed by atoms with Crippen molar-refractivity contribution in [1.29, 1.82) is 0 Å². The molecule has 2 heterocycles. The van der Waals surface area contributed by atoms with E-state index in [0.717, 1.165) is 44.3 Å². The average molecular weight is 407 g/mol. The summed E-state index contributed by atoms with van der Waals surface area (Å²) in [6.07, 6.45) is 0. The highest BCUT2D eigenvalue weighted by molar-refractivity contribution is 6.13. The fourth-order valence-corrected chi connectivity index (χ4v) is 4.26. The van der Waals surface area contributed by atoms with Crippen LogP contribution >= 0.6 is 0 Å². The summed E-state index contributed by atoms with van der Waals surface area (Å²) in [4.78, 5) is 3.74. The quantitative estimate of drug-likeness (QED) is 0.224. The maximum absolute atomic E-state index is 7.81. The zero-order valence-corrected chi connectivity index (χ0v) is 17.7. The van der Waals surface area contributed by atoms with Crippen LogP contribution in [0.2, 0.25) is 0 Å². The number of aryl methyl sites for hydroxylation is 2. The Labute approximate surface area is 186 Å². The van der Waals surface area contributed by atoms with Crippen LogP contribution in [0.1, 0.15) is 20.9 Å². The van der Waals surface area contributed by atoms with Gasteiger partial charge in [-0.05, 0) is 43.1 Å². The Morgan fingerprint density at radius 2 is 1.74 bits per heavy atom. The average Bonchev–Trinajstić information content (AvgIpc) is 3.16. The maximum Gasteiger partial charge on any atom is 0.212 e. The molecule has 5 aromatic rings. The van der Waals surface area contributed by atoms with Crippen molar-refractivity contribution in [1.82, 2.24) is 0 Å². The van der Waals surface area contributed by atoms with Gasteiger partial charge in [-0.2, -0.15) is 4.57 Å². The summed E-state index contributed by atoms with van der Waals surface area (Å²) in [5.74, 6) is 0. The Balaban J connectivity index is 1.77. The van der Waals surface area contributed by atoms with Crippen LogP contribution in [-0.4, -0.2) is 0 Å². The number of aromatic nitrogens is 1. The molecular weight excluding hydrogens is 380 g/mol. The van der Waals surface area contributed by atoms with Gasteiger partial charge < -0.3 is 4.42 Å². The van der Waals surface area contributed by atoms with Crippen molar-refractivity contribution in [3.8, 4) is 22.4 Å². The van der Waals surface area contributed by atoms with Crippen LogP contribution in [0.5, 0.6) is 0 Å². The highest BCUT2D eigenvalue weighted by Crippen LogP contribution is 2.42. The zero-order chi connectivity index (χ0) is 24.2. The molecule has 0 aliphatic rings. The smallest absolute Gasteiger partial charge is 0.212 e. The lowest BCUT2D eigenvalue weighted by atomic mass is 9.98. The molecule has 3 aromatic carbocycles. The Kier molecular flexibility index (Phi) is 3.64. The molecule has 150 valence electrons. The predicted molar refractivity (Wildman–Crippen MR) is 126 cm³/mol. The first-order valence-corrected chi connectivity index (χ1v) is 10.1. The highest BCUT2D eigenvalue weighted by Gasteiger charge is 2.21. The molecule has 0 unspecified atom stereocenters. The van der Waals surface area contributed by atoms with Crippen LogP contribution in [0.4, 0.5) is 5.69 Å². The van der Waals surface area contributed by atoms with Crippen LogP contribution in [0.25, 0.3) is 49.2 Å². The van der Waals surface area contributed by atoms with E-state index in [2.05, 4.69) is 10.9 Å². The number of hydrogen-bond donors (Lipinski definition) is 0. The molecule has 0 saturated carbocycles. The first kappa shape index (κ1) is 15.9. The summed E-state index contributed by atoms with van der Waals surface area (Å²) < 4.78 is 31.7. The van der Waals surface area contributed by atoms with Crippen molar-refractivity contribution in [2.75, 3.05) is 0 Å². The number of hydrogen-bond acceptors (Lipinski definition) is 1. The molecule has 3 heteroatoms. The molecule has 0 spiro atoms. The van der Waals surface area contributed by atoms with E-state index in [9.17, 15) is 0 Å². The second-order valence-corrected chi connectivity index (χ2v) is 7.86. The number of fused-ring (bicyclic) bond motifs is 3. The van der Waals surface area contributed by atoms with E-state index in [1.54, 1.807) is 6.07 Å². The maximum atomic E-state index is 7.81. The van der Waals surface area contributed by atoms with Gasteiger partial charge in [0.2, 0.25) is 5.69 Å². The van der Waals surface area contributed by atoms with Gasteiger partial charge in [0.1, 0.15) is 18.2 Å². The van der Waals surface area contributed by atoms with Crippen LogP contribution in [0, 0.1) is 27.3 Å². The molecule has 0 amide bonds. The summed E-state index contributed by atoms with van der Waals surface area (Å²) in [6, 6.07) is 21.3. The summed E-state index contributed by atoms with van der Waals surface area (Å²) in [7, 11) is 1.89. The SMILES string of the molecule is [2H]C([2H])([2H])c1ccc(-c2cc3oc4c(-c5ccccc5)c([N+]#[C-])ccc4c3cc2C)[n+](C)c1C. The Hall–Kier alpha value is -3.90. The van der Waals surface area contributed by atoms with Gasteiger partial charge in [-0.3, -0.25) is 0 Å². The third kappa shape index (κ3) is 2.92. The van der Waals surface area contributed by atoms with E-state index in [0.29, 0.717) is 22.5 Å². The van der Waals surface area contributed by atoms with Crippen LogP contribution < -0.4 is 4.57 Å². The molecule has 0 radical (unpaired) electrons. The lowest BCUT2D eigenvalue weighted by Crippen LogP contribution is -2.35. The Morgan fingerprint density at radius 3 is 2.48 bits per heavy atom. The molecule has 0 fully saturated rings. The number of furan rings is 1. The van der Waals surface area contributed by atoms with Crippen molar-refractivity contribution in [2.45, 2.75) is 20.7 Å². The number of nitrogens with zero attached hydrogens (tertiary/aromatic N) is 2. The second kappa shape index (κ2) is 7.11. The predicted octanol–water partition coefficient (Wildman–Crippen LogP) is 7.22. The van der Waals surface area contributed by atoms with E-state index < -0.39 is 6.85 Å². The van der Waals surface area contributed by atoms with Gasteiger partial charge in [-0.1, -0.05) is 42.5 Å². The van der Waals surface area contributed by atoms with E-state index in [-0.39, 0.29) is 0 Å². The van der Waals surface area contributed by atoms with E-state index in [1.807, 2.05) is 80.1 Å². The van der Waals surface area contributed by atoms with Crippen molar-refractivity contribution in [3.05, 3.63) is 95.0 Å². The molecule has 5 rings (SSSR count). The third-order valence-corrected chi connectivity index (χ3v) is 6.09. The highest BCUT2D eigenvalue weighted by atomic mass is 16.3. The molecular formula is C28H23N2O+. The molecule has 0 aliphatic carbocycles. The monoisotopic (exact) mass is 406 g/mol. The minimum atomic E-state index is -2.16. The van der Waals surface area contributed by atoms with Gasteiger partial charge in [0.05, 0.1) is 12.1 Å². The van der Waals surface area contributed by atoms with E-state index in [4.69, 9.17) is 15.1 Å². The fraction of sp³-hybridized carbons (Fsp3) is 0.143. The largest absolute Gasteiger partial charge is 0.457 e. The van der Waals surface area contributed by atoms with Gasteiger partial charge in [0, 0.05) is 39.0 Å². The van der Waals surface area contributed by atoms with Crippen molar-refractivity contribution < 1.29 is 13.1 Å². The lowest BCUT2D eigenvalue weighted by molar-refractivity contribution is -0.667. The Morgan fingerprint density at radius 1 is 0.935 bits per heavy atom. The minimum Gasteiger partial charge on any atom is -0.457 e. The van der Waals surface area contributed by atoms with Crippen molar-refractivity contribution in [2.24, 2.45) is 7.05 Å². The molecule has 0 aliphatic heterocycles. The Bertz CT molecular complexity index is 1620. The van der Waals surface area contributed by atoms with Crippen LogP contribution in [0.15, 0.2) is 71.1 Å². The van der Waals surface area contributed by atoms with Gasteiger partial charge >= 0.3 is 0 Å². The van der Waals surface area contributed by atoms with E-state index >= 15 is 0 Å².